The third-order valence-corrected chi connectivity index (χ3v) is 4.91. The zero-order chi connectivity index (χ0) is 14.8. The highest BCUT2D eigenvalue weighted by atomic mass is 32.1. The molecule has 0 aliphatic carbocycles. The van der Waals surface area contributed by atoms with Gasteiger partial charge in [-0.1, -0.05) is 30.3 Å². The Balaban J connectivity index is 1.79. The molecule has 0 unspecified atom stereocenters. The third-order valence-electron chi connectivity index (χ3n) is 3.87. The second-order valence-corrected chi connectivity index (χ2v) is 6.41. The Morgan fingerprint density at radius 1 is 1.38 bits per heavy atom. The van der Waals surface area contributed by atoms with Gasteiger partial charge in [-0.3, -0.25) is 9.69 Å². The molecule has 5 heteroatoms. The first-order chi connectivity index (χ1) is 10.2. The molecule has 110 valence electrons. The van der Waals surface area contributed by atoms with Crippen molar-refractivity contribution in [1.29, 1.82) is 0 Å². The van der Waals surface area contributed by atoms with E-state index in [4.69, 9.17) is 5.73 Å². The van der Waals surface area contributed by atoms with Crippen LogP contribution in [-0.4, -0.2) is 24.4 Å². The summed E-state index contributed by atoms with van der Waals surface area (Å²) in [6.45, 7) is 2.77. The van der Waals surface area contributed by atoms with Gasteiger partial charge in [0.1, 0.15) is 0 Å². The fourth-order valence-corrected chi connectivity index (χ4v) is 3.99. The molecular weight excluding hydrogens is 282 g/mol. The summed E-state index contributed by atoms with van der Waals surface area (Å²) in [5.74, 6) is -0.0680. The lowest BCUT2D eigenvalue weighted by atomic mass is 10.0. The molecule has 3 N–H and O–H groups in total. The minimum Gasteiger partial charge on any atom is -0.390 e. The Labute approximate surface area is 128 Å². The maximum Gasteiger partial charge on any atom is 0.254 e. The van der Waals surface area contributed by atoms with Gasteiger partial charge in [0.25, 0.3) is 5.91 Å². The number of rotatable bonds is 3. The van der Waals surface area contributed by atoms with Gasteiger partial charge in [-0.05, 0) is 17.5 Å². The molecule has 4 nitrogen and oxygen atoms in total. The number of hydrogen-bond acceptors (Lipinski definition) is 4. The first-order valence-electron chi connectivity index (χ1n) is 7.07. The molecule has 1 aliphatic rings. The van der Waals surface area contributed by atoms with Crippen LogP contribution in [0.2, 0.25) is 0 Å². The van der Waals surface area contributed by atoms with Crippen LogP contribution in [0.25, 0.3) is 0 Å². The van der Waals surface area contributed by atoms with Gasteiger partial charge in [0, 0.05) is 31.6 Å². The molecule has 0 atom stereocenters. The number of nitrogen functional groups attached to an aromatic ring is 1. The molecule has 1 aliphatic heterocycles. The Morgan fingerprint density at radius 2 is 2.14 bits per heavy atom. The molecule has 0 saturated carbocycles. The number of carbonyl (C=O) groups excluding carboxylic acids is 1. The SMILES string of the molecule is CNC(=O)c1c(N)sc2c1CCN(Cc1ccccc1)C2. The van der Waals surface area contributed by atoms with Gasteiger partial charge in [-0.2, -0.15) is 0 Å². The number of carbonyl (C=O) groups is 1. The van der Waals surface area contributed by atoms with Crippen LogP contribution in [0.5, 0.6) is 0 Å². The molecule has 0 radical (unpaired) electrons. The van der Waals surface area contributed by atoms with Gasteiger partial charge in [-0.25, -0.2) is 0 Å². The molecule has 0 saturated heterocycles. The number of nitrogens with two attached hydrogens (primary N) is 1. The lowest BCUT2D eigenvalue weighted by Crippen LogP contribution is -2.30. The molecular formula is C16H19N3OS. The highest BCUT2D eigenvalue weighted by Gasteiger charge is 2.26. The largest absolute Gasteiger partial charge is 0.390 e. The molecule has 3 rings (SSSR count). The van der Waals surface area contributed by atoms with Gasteiger partial charge in [0.2, 0.25) is 0 Å². The van der Waals surface area contributed by atoms with Crippen LogP contribution in [0.3, 0.4) is 0 Å². The second kappa shape index (κ2) is 5.87. The lowest BCUT2D eigenvalue weighted by Gasteiger charge is -2.27. The summed E-state index contributed by atoms with van der Waals surface area (Å²) in [5, 5.41) is 3.32. The first kappa shape index (κ1) is 14.1. The van der Waals surface area contributed by atoms with Gasteiger partial charge in [-0.15, -0.1) is 11.3 Å². The van der Waals surface area contributed by atoms with Gasteiger partial charge >= 0.3 is 0 Å². The Kier molecular flexibility index (Phi) is 3.94. The topological polar surface area (TPSA) is 58.4 Å². The summed E-state index contributed by atoms with van der Waals surface area (Å²) >= 11 is 1.55. The fourth-order valence-electron chi connectivity index (χ4n) is 2.83. The Hall–Kier alpha value is -1.85. The summed E-state index contributed by atoms with van der Waals surface area (Å²) in [6, 6.07) is 10.5. The van der Waals surface area contributed by atoms with Crippen LogP contribution in [0.15, 0.2) is 30.3 Å². The van der Waals surface area contributed by atoms with Crippen LogP contribution in [0.1, 0.15) is 26.4 Å². The smallest absolute Gasteiger partial charge is 0.254 e. The van der Waals surface area contributed by atoms with Crippen LogP contribution in [0, 0.1) is 0 Å². The van der Waals surface area contributed by atoms with Crippen molar-refractivity contribution in [1.82, 2.24) is 10.2 Å². The van der Waals surface area contributed by atoms with Crippen molar-refractivity contribution in [2.75, 3.05) is 19.3 Å². The molecule has 0 spiro atoms. The lowest BCUT2D eigenvalue weighted by molar-refractivity contribution is 0.0962. The van der Waals surface area contributed by atoms with E-state index in [0.717, 1.165) is 31.6 Å². The molecule has 2 heterocycles. The van der Waals surface area contributed by atoms with Crippen LogP contribution in [0.4, 0.5) is 5.00 Å². The summed E-state index contributed by atoms with van der Waals surface area (Å²) in [6.07, 6.45) is 0.888. The van der Waals surface area contributed by atoms with Crippen molar-refractivity contribution < 1.29 is 4.79 Å². The van der Waals surface area contributed by atoms with Crippen LogP contribution in [-0.2, 0) is 19.5 Å². The zero-order valence-electron chi connectivity index (χ0n) is 12.1. The predicted molar refractivity (Wildman–Crippen MR) is 86.4 cm³/mol. The molecule has 0 bridgehead atoms. The minimum atomic E-state index is -0.0680. The second-order valence-electron chi connectivity index (χ2n) is 5.27. The maximum atomic E-state index is 11.9. The van der Waals surface area contributed by atoms with E-state index in [1.807, 2.05) is 6.07 Å². The minimum absolute atomic E-state index is 0.0680. The molecule has 0 fully saturated rings. The van der Waals surface area contributed by atoms with Gasteiger partial charge in [0.15, 0.2) is 0 Å². The molecule has 1 amide bonds. The third kappa shape index (κ3) is 2.80. The summed E-state index contributed by atoms with van der Waals surface area (Å²) in [4.78, 5) is 15.6. The van der Waals surface area contributed by atoms with E-state index in [1.54, 1.807) is 18.4 Å². The zero-order valence-corrected chi connectivity index (χ0v) is 12.9. The van der Waals surface area contributed by atoms with Crippen molar-refractivity contribution in [2.45, 2.75) is 19.5 Å². The monoisotopic (exact) mass is 301 g/mol. The number of hydrogen-bond donors (Lipinski definition) is 2. The molecule has 21 heavy (non-hydrogen) atoms. The number of nitrogens with zero attached hydrogens (tertiary/aromatic N) is 1. The van der Waals surface area contributed by atoms with E-state index in [0.29, 0.717) is 10.6 Å². The number of amides is 1. The molecule has 1 aromatic heterocycles. The van der Waals surface area contributed by atoms with E-state index >= 15 is 0 Å². The summed E-state index contributed by atoms with van der Waals surface area (Å²) < 4.78 is 0. The summed E-state index contributed by atoms with van der Waals surface area (Å²) in [5.41, 5.74) is 9.18. The number of fused-ring (bicyclic) bond motifs is 1. The average molecular weight is 301 g/mol. The van der Waals surface area contributed by atoms with E-state index < -0.39 is 0 Å². The average Bonchev–Trinajstić information content (AvgIpc) is 2.82. The molecule has 1 aromatic carbocycles. The fraction of sp³-hybridized carbons (Fsp3) is 0.312. The quantitative estimate of drug-likeness (QED) is 0.914. The normalized spacial score (nSPS) is 14.7. The van der Waals surface area contributed by atoms with Crippen LogP contribution < -0.4 is 11.1 Å². The predicted octanol–water partition coefficient (Wildman–Crippen LogP) is 2.25. The number of benzene rings is 1. The Morgan fingerprint density at radius 3 is 2.86 bits per heavy atom. The summed E-state index contributed by atoms with van der Waals surface area (Å²) in [7, 11) is 1.65. The van der Waals surface area contributed by atoms with Crippen LogP contribution >= 0.6 is 11.3 Å². The van der Waals surface area contributed by atoms with Crippen molar-refractivity contribution in [2.24, 2.45) is 0 Å². The van der Waals surface area contributed by atoms with E-state index in [1.165, 1.54) is 10.4 Å². The first-order valence-corrected chi connectivity index (χ1v) is 7.89. The number of nitrogens with one attached hydrogen (secondary N) is 1. The van der Waals surface area contributed by atoms with Gasteiger partial charge in [0.05, 0.1) is 10.6 Å². The van der Waals surface area contributed by atoms with Crippen molar-refractivity contribution >= 4 is 22.2 Å². The standard InChI is InChI=1S/C16H19N3OS/c1-18-16(20)14-12-7-8-19(10-13(12)21-15(14)17)9-11-5-3-2-4-6-11/h2-6H,7-10,17H2,1H3,(H,18,20). The highest BCUT2D eigenvalue weighted by molar-refractivity contribution is 7.16. The van der Waals surface area contributed by atoms with E-state index in [2.05, 4.69) is 34.5 Å². The van der Waals surface area contributed by atoms with Gasteiger partial charge < -0.3 is 11.1 Å². The Bertz CT molecular complexity index is 651. The maximum absolute atomic E-state index is 11.9. The van der Waals surface area contributed by atoms with Crippen molar-refractivity contribution in [3.63, 3.8) is 0 Å². The number of anilines is 1. The molecule has 2 aromatic rings. The van der Waals surface area contributed by atoms with Crippen molar-refractivity contribution in [3.8, 4) is 0 Å². The number of thiophene rings is 1. The van der Waals surface area contributed by atoms with E-state index in [9.17, 15) is 4.79 Å². The van der Waals surface area contributed by atoms with E-state index in [-0.39, 0.29) is 5.91 Å². The van der Waals surface area contributed by atoms with Crippen molar-refractivity contribution in [3.05, 3.63) is 51.9 Å². The highest BCUT2D eigenvalue weighted by Crippen LogP contribution is 2.35.